The van der Waals surface area contributed by atoms with Gasteiger partial charge in [0.15, 0.2) is 0 Å². The predicted octanol–water partition coefficient (Wildman–Crippen LogP) is 2.85. The average Bonchev–Trinajstić information content (AvgIpc) is 3.26. The van der Waals surface area contributed by atoms with E-state index in [-0.39, 0.29) is 36.4 Å². The second-order valence-electron chi connectivity index (χ2n) is 6.68. The van der Waals surface area contributed by atoms with Crippen molar-refractivity contribution in [1.29, 1.82) is 0 Å². The summed E-state index contributed by atoms with van der Waals surface area (Å²) in [6.07, 6.45) is 0.448. The van der Waals surface area contributed by atoms with Crippen LogP contribution in [0.25, 0.3) is 11.4 Å². The fourth-order valence-corrected chi connectivity index (χ4v) is 3.01. The van der Waals surface area contributed by atoms with Crippen molar-refractivity contribution in [3.63, 3.8) is 0 Å². The van der Waals surface area contributed by atoms with Gasteiger partial charge in [-0.3, -0.25) is 9.59 Å². The summed E-state index contributed by atoms with van der Waals surface area (Å²) in [4.78, 5) is 29.0. The number of rotatable bonds is 6. The number of halogens is 1. The lowest BCUT2D eigenvalue weighted by Gasteiger charge is -2.22. The highest BCUT2D eigenvalue weighted by molar-refractivity contribution is 6.02. The maximum Gasteiger partial charge on any atom is 0.274 e. The summed E-state index contributed by atoms with van der Waals surface area (Å²) in [5.74, 6) is -0.177. The molecule has 0 unspecified atom stereocenters. The smallest absolute Gasteiger partial charge is 0.274 e. The number of carbonyl (C=O) groups is 2. The number of methoxy groups -OCH3 is 1. The van der Waals surface area contributed by atoms with Gasteiger partial charge in [-0.2, -0.15) is 10.1 Å². The highest BCUT2D eigenvalue weighted by atomic mass is 19.1. The van der Waals surface area contributed by atoms with Crippen LogP contribution in [0.1, 0.15) is 18.7 Å². The summed E-state index contributed by atoms with van der Waals surface area (Å²) in [6, 6.07) is 12.6. The number of hydrogen-bond donors (Lipinski definition) is 1. The van der Waals surface area contributed by atoms with Crippen molar-refractivity contribution in [2.24, 2.45) is 5.10 Å². The van der Waals surface area contributed by atoms with Crippen LogP contribution in [0.5, 0.6) is 5.75 Å². The Hall–Kier alpha value is -4.08. The van der Waals surface area contributed by atoms with Gasteiger partial charge in [0, 0.05) is 18.4 Å². The van der Waals surface area contributed by atoms with Gasteiger partial charge in [-0.05, 0) is 36.4 Å². The molecule has 2 amide bonds. The van der Waals surface area contributed by atoms with E-state index in [1.807, 2.05) is 0 Å². The molecule has 31 heavy (non-hydrogen) atoms. The van der Waals surface area contributed by atoms with Gasteiger partial charge >= 0.3 is 0 Å². The van der Waals surface area contributed by atoms with Crippen LogP contribution in [0.4, 0.5) is 10.1 Å². The first kappa shape index (κ1) is 20.2. The molecule has 1 aliphatic heterocycles. The molecule has 3 aromatic rings. The zero-order valence-electron chi connectivity index (χ0n) is 16.5. The normalized spacial score (nSPS) is 13.7. The van der Waals surface area contributed by atoms with Crippen LogP contribution in [-0.4, -0.2) is 46.3 Å². The molecule has 1 aliphatic rings. The van der Waals surface area contributed by atoms with Crippen molar-refractivity contribution >= 4 is 23.2 Å². The molecule has 0 saturated carbocycles. The van der Waals surface area contributed by atoms with Gasteiger partial charge in [0.1, 0.15) is 23.8 Å². The molecule has 0 radical (unpaired) electrons. The minimum atomic E-state index is -0.430. The topological polar surface area (TPSA) is 110 Å². The number of benzene rings is 2. The van der Waals surface area contributed by atoms with Crippen LogP contribution in [0, 0.1) is 5.82 Å². The molecule has 158 valence electrons. The number of hydrogen-bond acceptors (Lipinski definition) is 7. The van der Waals surface area contributed by atoms with E-state index in [0.29, 0.717) is 29.1 Å². The summed E-state index contributed by atoms with van der Waals surface area (Å²) in [5, 5.41) is 11.9. The lowest BCUT2D eigenvalue weighted by atomic mass is 10.1. The Morgan fingerprint density at radius 2 is 1.97 bits per heavy atom. The first-order valence-corrected chi connectivity index (χ1v) is 9.44. The lowest BCUT2D eigenvalue weighted by Crippen LogP contribution is -2.38. The zero-order chi connectivity index (χ0) is 21.8. The Bertz CT molecular complexity index is 1140. The number of ether oxygens (including phenoxy) is 1. The molecule has 9 nitrogen and oxygen atoms in total. The number of para-hydroxylation sites is 2. The second-order valence-corrected chi connectivity index (χ2v) is 6.68. The van der Waals surface area contributed by atoms with E-state index in [0.717, 1.165) is 5.01 Å². The maximum atomic E-state index is 13.1. The number of hydrazone groups is 1. The minimum absolute atomic E-state index is 0.141. The highest BCUT2D eigenvalue weighted by Gasteiger charge is 2.26. The third-order valence-corrected chi connectivity index (χ3v) is 4.55. The van der Waals surface area contributed by atoms with Crippen molar-refractivity contribution < 1.29 is 23.2 Å². The first-order valence-electron chi connectivity index (χ1n) is 9.44. The van der Waals surface area contributed by atoms with E-state index in [4.69, 9.17) is 9.26 Å². The molecule has 4 rings (SSSR count). The molecule has 1 N–H and O–H groups in total. The van der Waals surface area contributed by atoms with Crippen molar-refractivity contribution in [3.05, 3.63) is 60.2 Å². The van der Waals surface area contributed by atoms with E-state index in [1.54, 1.807) is 24.3 Å². The van der Waals surface area contributed by atoms with Gasteiger partial charge in [-0.15, -0.1) is 0 Å². The van der Waals surface area contributed by atoms with Crippen LogP contribution in [0.15, 0.2) is 58.2 Å². The molecule has 0 atom stereocenters. The average molecular weight is 423 g/mol. The number of nitrogens with zero attached hydrogens (tertiary/aromatic N) is 4. The number of anilines is 1. The molecule has 0 aliphatic carbocycles. The molecule has 1 aromatic heterocycles. The van der Waals surface area contributed by atoms with Gasteiger partial charge in [-0.1, -0.05) is 17.3 Å². The molecule has 0 bridgehead atoms. The van der Waals surface area contributed by atoms with Crippen LogP contribution < -0.4 is 10.1 Å². The Morgan fingerprint density at radius 3 is 2.74 bits per heavy atom. The second kappa shape index (κ2) is 8.74. The fraction of sp³-hybridized carbons (Fsp3) is 0.190. The molecule has 0 saturated heterocycles. The summed E-state index contributed by atoms with van der Waals surface area (Å²) in [7, 11) is 1.50. The highest BCUT2D eigenvalue weighted by Crippen LogP contribution is 2.23. The van der Waals surface area contributed by atoms with Crippen LogP contribution in [0.3, 0.4) is 0 Å². The molecule has 2 heterocycles. The maximum absolute atomic E-state index is 13.1. The molecular weight excluding hydrogens is 405 g/mol. The van der Waals surface area contributed by atoms with E-state index in [2.05, 4.69) is 20.6 Å². The van der Waals surface area contributed by atoms with E-state index < -0.39 is 5.91 Å². The monoisotopic (exact) mass is 423 g/mol. The Labute approximate surface area is 176 Å². The predicted molar refractivity (Wildman–Crippen MR) is 109 cm³/mol. The third kappa shape index (κ3) is 4.58. The lowest BCUT2D eigenvalue weighted by molar-refractivity contribution is -0.135. The van der Waals surface area contributed by atoms with Crippen LogP contribution >= 0.6 is 0 Å². The molecular formula is C21H18FN5O4. The Balaban J connectivity index is 1.49. The van der Waals surface area contributed by atoms with E-state index in [1.165, 1.54) is 31.4 Å². The first-order chi connectivity index (χ1) is 15.0. The van der Waals surface area contributed by atoms with Gasteiger partial charge in [0.2, 0.25) is 17.6 Å². The van der Waals surface area contributed by atoms with Crippen molar-refractivity contribution in [2.75, 3.05) is 19.0 Å². The van der Waals surface area contributed by atoms with Gasteiger partial charge in [-0.25, -0.2) is 9.40 Å². The fourth-order valence-electron chi connectivity index (χ4n) is 3.01. The summed E-state index contributed by atoms with van der Waals surface area (Å²) >= 11 is 0. The number of nitrogens with one attached hydrogen (secondary N) is 1. The van der Waals surface area contributed by atoms with Crippen molar-refractivity contribution in [2.45, 2.75) is 12.8 Å². The van der Waals surface area contributed by atoms with E-state index >= 15 is 0 Å². The minimum Gasteiger partial charge on any atom is -0.495 e. The summed E-state index contributed by atoms with van der Waals surface area (Å²) in [5.41, 5.74) is 1.46. The standard InChI is InChI=1S/C21H18FN5O4/c1-30-17-5-3-2-4-15(17)23-18(28)12-27-19(29)11-10-16(25-27)21-24-20(26-31-21)13-6-8-14(22)9-7-13/h2-9H,10-12H2,1H3,(H,23,28). The third-order valence-electron chi connectivity index (χ3n) is 4.55. The summed E-state index contributed by atoms with van der Waals surface area (Å²) in [6.45, 7) is -0.278. The van der Waals surface area contributed by atoms with Crippen LogP contribution in [-0.2, 0) is 9.59 Å². The molecule has 0 spiro atoms. The Kier molecular flexibility index (Phi) is 5.69. The zero-order valence-corrected chi connectivity index (χ0v) is 16.5. The summed E-state index contributed by atoms with van der Waals surface area (Å²) < 4.78 is 23.6. The number of carbonyl (C=O) groups excluding carboxylic acids is 2. The molecule has 0 fully saturated rings. The SMILES string of the molecule is COc1ccccc1NC(=O)CN1N=C(c2nc(-c3ccc(F)cc3)no2)CCC1=O. The number of amides is 2. The van der Waals surface area contributed by atoms with Crippen molar-refractivity contribution in [3.8, 4) is 17.1 Å². The van der Waals surface area contributed by atoms with Gasteiger partial charge in [0.05, 0.1) is 12.8 Å². The van der Waals surface area contributed by atoms with Gasteiger partial charge < -0.3 is 14.6 Å². The Morgan fingerprint density at radius 1 is 1.19 bits per heavy atom. The van der Waals surface area contributed by atoms with Crippen LogP contribution in [0.2, 0.25) is 0 Å². The quantitative estimate of drug-likeness (QED) is 0.653. The largest absolute Gasteiger partial charge is 0.495 e. The van der Waals surface area contributed by atoms with Gasteiger partial charge in [0.25, 0.3) is 5.89 Å². The van der Waals surface area contributed by atoms with Crippen molar-refractivity contribution in [1.82, 2.24) is 15.1 Å². The molecule has 2 aromatic carbocycles. The van der Waals surface area contributed by atoms with E-state index in [9.17, 15) is 14.0 Å². The molecule has 10 heteroatoms. The number of aromatic nitrogens is 2.